The highest BCUT2D eigenvalue weighted by atomic mass is 19.4. The largest absolute Gasteiger partial charge is 0.489 e. The standard InChI is InChI=1S/C16H14F3N3O2/c17-16(18,19)13-5-1-4-12(7-13)10-24-14-6-2-3-11(8-14)9-21-22-15(20)23/h1-9H,10H2,(H3,20,22,23). The third kappa shape index (κ3) is 5.31. The smallest absolute Gasteiger partial charge is 0.416 e. The van der Waals surface area contributed by atoms with Crippen LogP contribution in [0, 0.1) is 0 Å². The van der Waals surface area contributed by atoms with Gasteiger partial charge < -0.3 is 10.5 Å². The summed E-state index contributed by atoms with van der Waals surface area (Å²) in [6, 6.07) is 10.8. The Balaban J connectivity index is 2.02. The molecule has 2 rings (SSSR count). The number of nitrogens with one attached hydrogen (secondary N) is 1. The molecule has 5 nitrogen and oxygen atoms in total. The summed E-state index contributed by atoms with van der Waals surface area (Å²) in [5.41, 5.74) is 7.24. The maximum Gasteiger partial charge on any atom is 0.416 e. The molecular weight excluding hydrogens is 323 g/mol. The second-order valence-electron chi connectivity index (χ2n) is 4.79. The number of rotatable bonds is 5. The zero-order valence-corrected chi connectivity index (χ0v) is 12.4. The lowest BCUT2D eigenvalue weighted by atomic mass is 10.1. The Morgan fingerprint density at radius 1 is 1.21 bits per heavy atom. The summed E-state index contributed by atoms with van der Waals surface area (Å²) in [6.45, 7) is -0.00987. The van der Waals surface area contributed by atoms with Crippen molar-refractivity contribution in [3.63, 3.8) is 0 Å². The van der Waals surface area contributed by atoms with Crippen molar-refractivity contribution in [2.45, 2.75) is 12.8 Å². The topological polar surface area (TPSA) is 76.7 Å². The fourth-order valence-corrected chi connectivity index (χ4v) is 1.86. The van der Waals surface area contributed by atoms with Crippen molar-refractivity contribution in [1.82, 2.24) is 5.43 Å². The Kier molecular flexibility index (Phi) is 5.41. The Morgan fingerprint density at radius 3 is 2.67 bits per heavy atom. The molecule has 0 aliphatic carbocycles. The maximum absolute atomic E-state index is 12.7. The zero-order chi connectivity index (χ0) is 17.6. The number of ether oxygens (including phenoxy) is 1. The first-order chi connectivity index (χ1) is 11.3. The van der Waals surface area contributed by atoms with Crippen molar-refractivity contribution in [2.75, 3.05) is 0 Å². The van der Waals surface area contributed by atoms with Gasteiger partial charge in [0.1, 0.15) is 12.4 Å². The number of urea groups is 1. The van der Waals surface area contributed by atoms with E-state index in [0.29, 0.717) is 16.9 Å². The molecule has 0 spiro atoms. The van der Waals surface area contributed by atoms with Gasteiger partial charge in [-0.2, -0.15) is 18.3 Å². The van der Waals surface area contributed by atoms with Crippen LogP contribution in [0.1, 0.15) is 16.7 Å². The fourth-order valence-electron chi connectivity index (χ4n) is 1.86. The van der Waals surface area contributed by atoms with Crippen LogP contribution in [-0.4, -0.2) is 12.2 Å². The van der Waals surface area contributed by atoms with Gasteiger partial charge in [0.15, 0.2) is 0 Å². The number of primary amides is 1. The maximum atomic E-state index is 12.7. The number of benzene rings is 2. The van der Waals surface area contributed by atoms with Crippen molar-refractivity contribution in [2.24, 2.45) is 10.8 Å². The third-order valence-electron chi connectivity index (χ3n) is 2.91. The fraction of sp³-hybridized carbons (Fsp3) is 0.125. The summed E-state index contributed by atoms with van der Waals surface area (Å²) in [7, 11) is 0. The summed E-state index contributed by atoms with van der Waals surface area (Å²) in [6.07, 6.45) is -3.03. The van der Waals surface area contributed by atoms with E-state index < -0.39 is 17.8 Å². The molecule has 0 aliphatic heterocycles. The summed E-state index contributed by atoms with van der Waals surface area (Å²) in [4.78, 5) is 10.5. The van der Waals surface area contributed by atoms with Crippen LogP contribution in [0.2, 0.25) is 0 Å². The minimum atomic E-state index is -4.39. The first-order valence-corrected chi connectivity index (χ1v) is 6.82. The number of hydrogen-bond donors (Lipinski definition) is 2. The number of nitrogens with zero attached hydrogens (tertiary/aromatic N) is 1. The van der Waals surface area contributed by atoms with Crippen molar-refractivity contribution >= 4 is 12.2 Å². The van der Waals surface area contributed by atoms with Crippen LogP contribution in [0.5, 0.6) is 5.75 Å². The molecule has 0 aliphatic rings. The predicted molar refractivity (Wildman–Crippen MR) is 82.5 cm³/mol. The van der Waals surface area contributed by atoms with Gasteiger partial charge in [-0.1, -0.05) is 24.3 Å². The van der Waals surface area contributed by atoms with Gasteiger partial charge in [0.2, 0.25) is 0 Å². The summed E-state index contributed by atoms with van der Waals surface area (Å²) < 4.78 is 43.5. The number of halogens is 3. The van der Waals surface area contributed by atoms with Crippen LogP contribution in [-0.2, 0) is 12.8 Å². The highest BCUT2D eigenvalue weighted by molar-refractivity contribution is 5.81. The molecule has 126 valence electrons. The molecule has 8 heteroatoms. The lowest BCUT2D eigenvalue weighted by Gasteiger charge is -2.10. The SMILES string of the molecule is NC(=O)NN=Cc1cccc(OCc2cccc(C(F)(F)F)c2)c1. The molecule has 0 fully saturated rings. The van der Waals surface area contributed by atoms with Gasteiger partial charge in [-0.15, -0.1) is 0 Å². The van der Waals surface area contributed by atoms with Crippen molar-refractivity contribution < 1.29 is 22.7 Å². The van der Waals surface area contributed by atoms with E-state index in [4.69, 9.17) is 10.5 Å². The Hall–Kier alpha value is -3.03. The van der Waals surface area contributed by atoms with E-state index in [0.717, 1.165) is 12.1 Å². The Morgan fingerprint density at radius 2 is 1.96 bits per heavy atom. The van der Waals surface area contributed by atoms with Crippen molar-refractivity contribution in [3.8, 4) is 5.75 Å². The number of amides is 2. The average Bonchev–Trinajstić information content (AvgIpc) is 2.52. The van der Waals surface area contributed by atoms with E-state index in [9.17, 15) is 18.0 Å². The van der Waals surface area contributed by atoms with Gasteiger partial charge in [-0.3, -0.25) is 0 Å². The Bertz CT molecular complexity index is 745. The van der Waals surface area contributed by atoms with Crippen LogP contribution in [0.25, 0.3) is 0 Å². The quantitative estimate of drug-likeness (QED) is 0.649. The number of nitrogens with two attached hydrogens (primary N) is 1. The first kappa shape index (κ1) is 17.3. The molecule has 3 N–H and O–H groups in total. The van der Waals surface area contributed by atoms with E-state index >= 15 is 0 Å². The van der Waals surface area contributed by atoms with Gasteiger partial charge in [-0.25, -0.2) is 10.2 Å². The Labute approximate surface area is 135 Å². The van der Waals surface area contributed by atoms with Gasteiger partial charge in [0.25, 0.3) is 0 Å². The van der Waals surface area contributed by atoms with Crippen LogP contribution in [0.3, 0.4) is 0 Å². The number of carbonyl (C=O) groups excluding carboxylic acids is 1. The summed E-state index contributed by atoms with van der Waals surface area (Å²) >= 11 is 0. The van der Waals surface area contributed by atoms with Crippen LogP contribution >= 0.6 is 0 Å². The predicted octanol–water partition coefficient (Wildman–Crippen LogP) is 3.29. The number of alkyl halides is 3. The summed E-state index contributed by atoms with van der Waals surface area (Å²) in [5, 5.41) is 3.61. The molecule has 0 heterocycles. The third-order valence-corrected chi connectivity index (χ3v) is 2.91. The zero-order valence-electron chi connectivity index (χ0n) is 12.4. The van der Waals surface area contributed by atoms with E-state index in [1.807, 2.05) is 0 Å². The van der Waals surface area contributed by atoms with Gasteiger partial charge >= 0.3 is 12.2 Å². The van der Waals surface area contributed by atoms with Gasteiger partial charge in [0.05, 0.1) is 11.8 Å². The second-order valence-corrected chi connectivity index (χ2v) is 4.79. The van der Waals surface area contributed by atoms with Crippen LogP contribution in [0.15, 0.2) is 53.6 Å². The monoisotopic (exact) mass is 337 g/mol. The highest BCUT2D eigenvalue weighted by Gasteiger charge is 2.30. The first-order valence-electron chi connectivity index (χ1n) is 6.82. The van der Waals surface area contributed by atoms with E-state index in [-0.39, 0.29) is 6.61 Å². The lowest BCUT2D eigenvalue weighted by molar-refractivity contribution is -0.137. The van der Waals surface area contributed by atoms with Gasteiger partial charge in [0, 0.05) is 0 Å². The molecule has 0 aromatic heterocycles. The number of hydrogen-bond acceptors (Lipinski definition) is 3. The van der Waals surface area contributed by atoms with E-state index in [1.165, 1.54) is 12.3 Å². The molecule has 0 saturated carbocycles. The molecule has 2 aromatic carbocycles. The summed E-state index contributed by atoms with van der Waals surface area (Å²) in [5.74, 6) is 0.454. The minimum Gasteiger partial charge on any atom is -0.489 e. The normalized spacial score (nSPS) is 11.5. The number of carbonyl (C=O) groups is 1. The molecule has 0 saturated heterocycles. The van der Waals surface area contributed by atoms with Crippen molar-refractivity contribution in [1.29, 1.82) is 0 Å². The van der Waals surface area contributed by atoms with E-state index in [2.05, 4.69) is 10.5 Å². The molecule has 2 aromatic rings. The molecular formula is C16H14F3N3O2. The molecule has 0 bridgehead atoms. The molecule has 0 atom stereocenters. The second kappa shape index (κ2) is 7.49. The van der Waals surface area contributed by atoms with Crippen molar-refractivity contribution in [3.05, 3.63) is 65.2 Å². The number of hydrazone groups is 1. The molecule has 0 radical (unpaired) electrons. The highest BCUT2D eigenvalue weighted by Crippen LogP contribution is 2.29. The average molecular weight is 337 g/mol. The van der Waals surface area contributed by atoms with Crippen LogP contribution in [0.4, 0.5) is 18.0 Å². The molecule has 24 heavy (non-hydrogen) atoms. The molecule has 0 unspecified atom stereocenters. The minimum absolute atomic E-state index is 0.00987. The van der Waals surface area contributed by atoms with Crippen LogP contribution < -0.4 is 15.9 Å². The van der Waals surface area contributed by atoms with Gasteiger partial charge in [-0.05, 0) is 35.4 Å². The molecule has 2 amide bonds. The lowest BCUT2D eigenvalue weighted by Crippen LogP contribution is -2.24. The van der Waals surface area contributed by atoms with E-state index in [1.54, 1.807) is 30.3 Å².